The van der Waals surface area contributed by atoms with Crippen molar-refractivity contribution in [2.45, 2.75) is 63.4 Å². The third-order valence-corrected chi connectivity index (χ3v) is 7.94. The third kappa shape index (κ3) is 4.37. The number of dihydropyridines is 1. The van der Waals surface area contributed by atoms with Crippen LogP contribution < -0.4 is 19.5 Å². The van der Waals surface area contributed by atoms with Gasteiger partial charge in [0.15, 0.2) is 17.3 Å². The van der Waals surface area contributed by atoms with E-state index in [1.54, 1.807) is 7.11 Å². The first kappa shape index (κ1) is 23.6. The van der Waals surface area contributed by atoms with Crippen LogP contribution in [0, 0.1) is 0 Å². The molecule has 6 rings (SSSR count). The summed E-state index contributed by atoms with van der Waals surface area (Å²) in [4.78, 5) is 27.4. The zero-order valence-corrected chi connectivity index (χ0v) is 21.2. The first-order valence-electron chi connectivity index (χ1n) is 13.0. The molecule has 192 valence electrons. The lowest BCUT2D eigenvalue weighted by Crippen LogP contribution is -2.36. The number of ketones is 1. The summed E-state index contributed by atoms with van der Waals surface area (Å²) in [5, 5.41) is 3.44. The Balaban J connectivity index is 1.38. The first-order chi connectivity index (χ1) is 18.0. The molecule has 0 spiro atoms. The summed E-state index contributed by atoms with van der Waals surface area (Å²) in [6.07, 6.45) is 4.89. The predicted octanol–water partition coefficient (Wildman–Crippen LogP) is 5.27. The molecule has 1 fully saturated rings. The highest BCUT2D eigenvalue weighted by molar-refractivity contribution is 6.04. The summed E-state index contributed by atoms with van der Waals surface area (Å²) in [5.41, 5.74) is 4.66. The van der Waals surface area contributed by atoms with Crippen molar-refractivity contribution in [1.29, 1.82) is 0 Å². The van der Waals surface area contributed by atoms with Crippen LogP contribution in [0.5, 0.6) is 17.2 Å². The lowest BCUT2D eigenvalue weighted by atomic mass is 9.71. The molecule has 0 saturated heterocycles. The van der Waals surface area contributed by atoms with Gasteiger partial charge in [0.25, 0.3) is 0 Å². The van der Waals surface area contributed by atoms with Crippen LogP contribution in [0.2, 0.25) is 0 Å². The van der Waals surface area contributed by atoms with Gasteiger partial charge in [-0.3, -0.25) is 4.79 Å². The van der Waals surface area contributed by atoms with Crippen molar-refractivity contribution in [1.82, 2.24) is 5.32 Å². The number of fused-ring (bicyclic) bond motifs is 1. The largest absolute Gasteiger partial charge is 0.497 e. The molecule has 0 radical (unpaired) electrons. The van der Waals surface area contributed by atoms with Gasteiger partial charge in [0.05, 0.1) is 12.7 Å². The van der Waals surface area contributed by atoms with Crippen LogP contribution in [0.3, 0.4) is 0 Å². The molecule has 4 aliphatic rings. The quantitative estimate of drug-likeness (QED) is 0.559. The van der Waals surface area contributed by atoms with Gasteiger partial charge in [-0.05, 0) is 80.3 Å². The van der Waals surface area contributed by atoms with Crippen LogP contribution in [0.25, 0.3) is 0 Å². The van der Waals surface area contributed by atoms with Crippen molar-refractivity contribution in [3.8, 4) is 17.2 Å². The average molecular weight is 502 g/mol. The summed E-state index contributed by atoms with van der Waals surface area (Å²) >= 11 is 0. The molecular weight excluding hydrogens is 470 g/mol. The van der Waals surface area contributed by atoms with Crippen molar-refractivity contribution in [3.05, 3.63) is 76.1 Å². The fraction of sp³-hybridized carbons (Fsp3) is 0.400. The molecule has 2 atom stereocenters. The predicted molar refractivity (Wildman–Crippen MR) is 136 cm³/mol. The van der Waals surface area contributed by atoms with Crippen LogP contribution in [0.4, 0.5) is 0 Å². The van der Waals surface area contributed by atoms with E-state index in [-0.39, 0.29) is 30.6 Å². The minimum atomic E-state index is -0.524. The fourth-order valence-corrected chi connectivity index (χ4v) is 6.07. The molecule has 37 heavy (non-hydrogen) atoms. The number of allylic oxidation sites excluding steroid dienone is 3. The molecule has 2 aliphatic carbocycles. The highest BCUT2D eigenvalue weighted by Crippen LogP contribution is 2.47. The second-order valence-electron chi connectivity index (χ2n) is 10.2. The Bertz CT molecular complexity index is 1300. The number of carbonyl (C=O) groups excluding carboxylic acids is 2. The molecule has 1 saturated carbocycles. The van der Waals surface area contributed by atoms with Gasteiger partial charge in [0.1, 0.15) is 11.9 Å². The van der Waals surface area contributed by atoms with Crippen LogP contribution in [-0.4, -0.2) is 31.8 Å². The van der Waals surface area contributed by atoms with Crippen LogP contribution in [-0.2, 0) is 14.3 Å². The maximum absolute atomic E-state index is 13.8. The van der Waals surface area contributed by atoms with Crippen molar-refractivity contribution in [3.63, 3.8) is 0 Å². The van der Waals surface area contributed by atoms with E-state index in [9.17, 15) is 9.59 Å². The molecule has 7 heteroatoms. The normalized spacial score (nSPS) is 23.1. The van der Waals surface area contributed by atoms with E-state index < -0.39 is 5.92 Å². The fourth-order valence-electron chi connectivity index (χ4n) is 6.07. The molecule has 0 amide bonds. The SMILES string of the molecule is COc1ccc([C@H]2CC(=O)C3=C(C2)NC(C)=C(C(=O)OC2CCCC2)[C@H]3c2ccc3c(c2)OCO3)cc1. The van der Waals surface area contributed by atoms with Gasteiger partial charge in [-0.25, -0.2) is 4.79 Å². The van der Waals surface area contributed by atoms with Gasteiger partial charge in [-0.1, -0.05) is 18.2 Å². The lowest BCUT2D eigenvalue weighted by molar-refractivity contribution is -0.144. The number of Topliss-reactive ketones (excluding diaryl/α,β-unsaturated/α-hetero) is 1. The highest BCUT2D eigenvalue weighted by atomic mass is 16.7. The molecule has 2 aromatic rings. The summed E-state index contributed by atoms with van der Waals surface area (Å²) in [5.74, 6) is 1.28. The lowest BCUT2D eigenvalue weighted by Gasteiger charge is -2.37. The van der Waals surface area contributed by atoms with Crippen LogP contribution >= 0.6 is 0 Å². The van der Waals surface area contributed by atoms with E-state index in [1.807, 2.05) is 49.4 Å². The van der Waals surface area contributed by atoms with Crippen molar-refractivity contribution in [2.24, 2.45) is 0 Å². The summed E-state index contributed by atoms with van der Waals surface area (Å²) < 4.78 is 22.4. The zero-order chi connectivity index (χ0) is 25.5. The molecular formula is C30H31NO6. The van der Waals surface area contributed by atoms with Gasteiger partial charge in [-0.15, -0.1) is 0 Å². The van der Waals surface area contributed by atoms with Gasteiger partial charge >= 0.3 is 5.97 Å². The second kappa shape index (κ2) is 9.61. The molecule has 0 unspecified atom stereocenters. The maximum atomic E-state index is 13.8. The number of hydrogen-bond acceptors (Lipinski definition) is 7. The Kier molecular flexibility index (Phi) is 6.14. The van der Waals surface area contributed by atoms with Crippen LogP contribution in [0.1, 0.15) is 68.4 Å². The van der Waals surface area contributed by atoms with Crippen molar-refractivity contribution in [2.75, 3.05) is 13.9 Å². The topological polar surface area (TPSA) is 83.1 Å². The molecule has 1 N–H and O–H groups in total. The number of nitrogens with one attached hydrogen (secondary N) is 1. The van der Waals surface area contributed by atoms with E-state index >= 15 is 0 Å². The Morgan fingerprint density at radius 2 is 1.70 bits per heavy atom. The summed E-state index contributed by atoms with van der Waals surface area (Å²) in [6, 6.07) is 13.6. The van der Waals surface area contributed by atoms with Crippen molar-refractivity contribution < 1.29 is 28.5 Å². The smallest absolute Gasteiger partial charge is 0.337 e. The number of esters is 1. The van der Waals surface area contributed by atoms with Gasteiger partial charge in [0, 0.05) is 29.3 Å². The number of hydrogen-bond donors (Lipinski definition) is 1. The highest BCUT2D eigenvalue weighted by Gasteiger charge is 2.42. The Morgan fingerprint density at radius 3 is 2.46 bits per heavy atom. The summed E-state index contributed by atoms with van der Waals surface area (Å²) in [7, 11) is 1.64. The number of carbonyl (C=O) groups is 2. The van der Waals surface area contributed by atoms with Gasteiger partial charge < -0.3 is 24.3 Å². The summed E-state index contributed by atoms with van der Waals surface area (Å²) in [6.45, 7) is 2.06. The standard InChI is InChI=1S/C30H31NO6/c1-17-27(30(33)37-22-5-3-4-6-22)28(19-9-12-25-26(15-19)36-16-35-25)29-23(31-17)13-20(14-24(29)32)18-7-10-21(34-2)11-8-18/h7-12,15,20,22,28,31H,3-6,13-14,16H2,1-2H3/t20-,28-/m1/s1. The van der Waals surface area contributed by atoms with Crippen molar-refractivity contribution >= 4 is 11.8 Å². The Hall–Kier alpha value is -3.74. The second-order valence-corrected chi connectivity index (χ2v) is 10.2. The number of rotatable bonds is 5. The number of benzene rings is 2. The van der Waals surface area contributed by atoms with Crippen LogP contribution in [0.15, 0.2) is 65.0 Å². The monoisotopic (exact) mass is 501 g/mol. The molecule has 2 aromatic carbocycles. The van der Waals surface area contributed by atoms with Gasteiger partial charge in [-0.2, -0.15) is 0 Å². The minimum Gasteiger partial charge on any atom is -0.497 e. The van der Waals surface area contributed by atoms with E-state index in [0.717, 1.165) is 54.0 Å². The molecule has 7 nitrogen and oxygen atoms in total. The molecule has 2 heterocycles. The first-order valence-corrected chi connectivity index (χ1v) is 13.0. The van der Waals surface area contributed by atoms with E-state index in [1.165, 1.54) is 0 Å². The zero-order valence-electron chi connectivity index (χ0n) is 21.2. The Morgan fingerprint density at radius 1 is 0.973 bits per heavy atom. The minimum absolute atomic E-state index is 0.0379. The van der Waals surface area contributed by atoms with Gasteiger partial charge in [0.2, 0.25) is 6.79 Å². The molecule has 2 aliphatic heterocycles. The van der Waals surface area contributed by atoms with E-state index in [0.29, 0.717) is 35.5 Å². The maximum Gasteiger partial charge on any atom is 0.337 e. The Labute approximate surface area is 216 Å². The van der Waals surface area contributed by atoms with E-state index in [4.69, 9.17) is 18.9 Å². The number of ether oxygens (including phenoxy) is 4. The molecule has 0 bridgehead atoms. The van der Waals surface area contributed by atoms with E-state index in [2.05, 4.69) is 5.32 Å². The number of methoxy groups -OCH3 is 1. The average Bonchev–Trinajstić information content (AvgIpc) is 3.59. The molecule has 0 aromatic heterocycles. The third-order valence-electron chi connectivity index (χ3n) is 7.94.